The molecule has 0 aliphatic carbocycles. The van der Waals surface area contributed by atoms with Gasteiger partial charge in [0.2, 0.25) is 5.89 Å². The van der Waals surface area contributed by atoms with Crippen molar-refractivity contribution in [2.45, 2.75) is 27.2 Å². The molecule has 0 atom stereocenters. The molecule has 0 spiro atoms. The number of methoxy groups -OCH3 is 1. The predicted octanol–water partition coefficient (Wildman–Crippen LogP) is 2.90. The molecular weight excluding hydrogens is 258 g/mol. The molecule has 0 fully saturated rings. The number of ether oxygens (including phenoxy) is 1. The van der Waals surface area contributed by atoms with Gasteiger partial charge in [0, 0.05) is 0 Å². The van der Waals surface area contributed by atoms with Crippen LogP contribution in [0.1, 0.15) is 22.6 Å². The minimum atomic E-state index is -0.941. The highest BCUT2D eigenvalue weighted by Gasteiger charge is 2.19. The van der Waals surface area contributed by atoms with Crippen LogP contribution in [0.2, 0.25) is 0 Å². The standard InChI is InChI=1S/C15H17NO4/c1-8-5-9(2)14(12(6-8)19-4)15-16-10(3)11(20-15)7-13(17)18/h5-6H,7H2,1-4H3,(H,17,18). The lowest BCUT2D eigenvalue weighted by Crippen LogP contribution is -1.99. The summed E-state index contributed by atoms with van der Waals surface area (Å²) in [4.78, 5) is 15.1. The molecule has 5 nitrogen and oxygen atoms in total. The summed E-state index contributed by atoms with van der Waals surface area (Å²) in [6.45, 7) is 5.67. The molecule has 5 heteroatoms. The van der Waals surface area contributed by atoms with Gasteiger partial charge >= 0.3 is 5.97 Å². The van der Waals surface area contributed by atoms with Gasteiger partial charge in [-0.15, -0.1) is 0 Å². The van der Waals surface area contributed by atoms with Crippen LogP contribution < -0.4 is 4.74 Å². The van der Waals surface area contributed by atoms with Crippen molar-refractivity contribution in [2.24, 2.45) is 0 Å². The van der Waals surface area contributed by atoms with Gasteiger partial charge in [-0.1, -0.05) is 6.07 Å². The molecule has 0 unspecified atom stereocenters. The van der Waals surface area contributed by atoms with Gasteiger partial charge in [0.15, 0.2) is 0 Å². The fraction of sp³-hybridized carbons (Fsp3) is 0.333. The molecule has 0 bridgehead atoms. The molecule has 2 rings (SSSR count). The smallest absolute Gasteiger partial charge is 0.311 e. The van der Waals surface area contributed by atoms with Crippen molar-refractivity contribution in [3.63, 3.8) is 0 Å². The van der Waals surface area contributed by atoms with E-state index in [0.717, 1.165) is 16.7 Å². The predicted molar refractivity (Wildman–Crippen MR) is 74.0 cm³/mol. The monoisotopic (exact) mass is 275 g/mol. The van der Waals surface area contributed by atoms with E-state index in [0.29, 0.717) is 23.1 Å². The Morgan fingerprint density at radius 2 is 2.05 bits per heavy atom. The Hall–Kier alpha value is -2.30. The molecular formula is C15H17NO4. The Kier molecular flexibility index (Phi) is 3.79. The molecule has 1 aromatic heterocycles. The van der Waals surface area contributed by atoms with E-state index in [1.165, 1.54) is 0 Å². The van der Waals surface area contributed by atoms with Crippen LogP contribution in [0.5, 0.6) is 5.75 Å². The van der Waals surface area contributed by atoms with Crippen LogP contribution in [0.25, 0.3) is 11.5 Å². The van der Waals surface area contributed by atoms with Crippen molar-refractivity contribution in [3.8, 4) is 17.2 Å². The maximum absolute atomic E-state index is 10.8. The number of carboxylic acid groups (broad SMARTS) is 1. The summed E-state index contributed by atoms with van der Waals surface area (Å²) in [6.07, 6.45) is -0.175. The summed E-state index contributed by atoms with van der Waals surface area (Å²) >= 11 is 0. The van der Waals surface area contributed by atoms with E-state index in [2.05, 4.69) is 4.98 Å². The average Bonchev–Trinajstić information content (AvgIpc) is 2.68. The number of rotatable bonds is 4. The molecule has 0 aliphatic rings. The van der Waals surface area contributed by atoms with Gasteiger partial charge < -0.3 is 14.3 Å². The van der Waals surface area contributed by atoms with E-state index < -0.39 is 5.97 Å². The van der Waals surface area contributed by atoms with Gasteiger partial charge in [0.25, 0.3) is 0 Å². The number of oxazole rings is 1. The zero-order valence-electron chi connectivity index (χ0n) is 12.0. The second kappa shape index (κ2) is 5.36. The summed E-state index contributed by atoms with van der Waals surface area (Å²) < 4.78 is 11.0. The van der Waals surface area contributed by atoms with Crippen LogP contribution >= 0.6 is 0 Å². The quantitative estimate of drug-likeness (QED) is 0.928. The highest BCUT2D eigenvalue weighted by atomic mass is 16.5. The third-order valence-electron chi connectivity index (χ3n) is 3.08. The molecule has 20 heavy (non-hydrogen) atoms. The van der Waals surface area contributed by atoms with E-state index >= 15 is 0 Å². The first-order valence-electron chi connectivity index (χ1n) is 6.26. The molecule has 0 aliphatic heterocycles. The minimum Gasteiger partial charge on any atom is -0.496 e. The molecule has 106 valence electrons. The SMILES string of the molecule is COc1cc(C)cc(C)c1-c1nc(C)c(CC(=O)O)o1. The normalized spacial score (nSPS) is 10.6. The van der Waals surface area contributed by atoms with Crippen LogP contribution in [0.4, 0.5) is 0 Å². The molecule has 0 saturated heterocycles. The lowest BCUT2D eigenvalue weighted by atomic mass is 10.0. The van der Waals surface area contributed by atoms with Gasteiger partial charge in [-0.3, -0.25) is 4.79 Å². The zero-order valence-corrected chi connectivity index (χ0v) is 12.0. The first kappa shape index (κ1) is 14.1. The molecule has 0 radical (unpaired) electrons. The number of hydrogen-bond donors (Lipinski definition) is 1. The summed E-state index contributed by atoms with van der Waals surface area (Å²) in [7, 11) is 1.59. The number of hydrogen-bond acceptors (Lipinski definition) is 4. The van der Waals surface area contributed by atoms with E-state index in [1.807, 2.05) is 26.0 Å². The maximum Gasteiger partial charge on any atom is 0.311 e. The van der Waals surface area contributed by atoms with E-state index in [4.69, 9.17) is 14.3 Å². The Labute approximate surface area is 117 Å². The number of aromatic nitrogens is 1. The zero-order chi connectivity index (χ0) is 14.9. The van der Waals surface area contributed by atoms with Gasteiger partial charge in [-0.05, 0) is 38.0 Å². The van der Waals surface area contributed by atoms with Crippen molar-refractivity contribution >= 4 is 5.97 Å². The van der Waals surface area contributed by atoms with Crippen LogP contribution in [0.3, 0.4) is 0 Å². The molecule has 2 aromatic rings. The van der Waals surface area contributed by atoms with Crippen LogP contribution in [0.15, 0.2) is 16.5 Å². The van der Waals surface area contributed by atoms with E-state index in [1.54, 1.807) is 14.0 Å². The highest BCUT2D eigenvalue weighted by molar-refractivity contribution is 5.71. The first-order valence-corrected chi connectivity index (χ1v) is 6.26. The number of aliphatic carboxylic acids is 1. The number of nitrogens with zero attached hydrogens (tertiary/aromatic N) is 1. The van der Waals surface area contributed by atoms with Crippen LogP contribution in [-0.2, 0) is 11.2 Å². The summed E-state index contributed by atoms with van der Waals surface area (Å²) in [5.74, 6) is 0.497. The van der Waals surface area contributed by atoms with Crippen molar-refractivity contribution < 1.29 is 19.1 Å². The lowest BCUT2D eigenvalue weighted by molar-refractivity contribution is -0.136. The van der Waals surface area contributed by atoms with Crippen molar-refractivity contribution in [3.05, 3.63) is 34.7 Å². The number of carboxylic acids is 1. The Morgan fingerprint density at radius 3 is 2.65 bits per heavy atom. The maximum atomic E-state index is 10.8. The Balaban J connectivity index is 2.54. The first-order chi connectivity index (χ1) is 9.42. The molecule has 1 heterocycles. The number of aryl methyl sites for hydroxylation is 3. The second-order valence-electron chi connectivity index (χ2n) is 4.76. The van der Waals surface area contributed by atoms with Crippen molar-refractivity contribution in [1.29, 1.82) is 0 Å². The third kappa shape index (κ3) is 2.66. The topological polar surface area (TPSA) is 72.6 Å². The number of carbonyl (C=O) groups is 1. The fourth-order valence-corrected chi connectivity index (χ4v) is 2.20. The average molecular weight is 275 g/mol. The molecule has 1 N–H and O–H groups in total. The highest BCUT2D eigenvalue weighted by Crippen LogP contribution is 2.34. The van der Waals surface area contributed by atoms with Crippen molar-refractivity contribution in [1.82, 2.24) is 4.98 Å². The second-order valence-corrected chi connectivity index (χ2v) is 4.76. The Morgan fingerprint density at radius 1 is 1.35 bits per heavy atom. The van der Waals surface area contributed by atoms with Gasteiger partial charge in [0.05, 0.1) is 18.4 Å². The number of benzene rings is 1. The Bertz CT molecular complexity index is 658. The van der Waals surface area contributed by atoms with Crippen LogP contribution in [-0.4, -0.2) is 23.2 Å². The summed E-state index contributed by atoms with van der Waals surface area (Å²) in [5.41, 5.74) is 3.41. The minimum absolute atomic E-state index is 0.175. The van der Waals surface area contributed by atoms with Gasteiger partial charge in [-0.2, -0.15) is 0 Å². The van der Waals surface area contributed by atoms with E-state index in [9.17, 15) is 4.79 Å². The third-order valence-corrected chi connectivity index (χ3v) is 3.08. The fourth-order valence-electron chi connectivity index (χ4n) is 2.20. The van der Waals surface area contributed by atoms with E-state index in [-0.39, 0.29) is 6.42 Å². The summed E-state index contributed by atoms with van der Waals surface area (Å²) in [6, 6.07) is 3.91. The van der Waals surface area contributed by atoms with Gasteiger partial charge in [-0.25, -0.2) is 4.98 Å². The molecule has 0 saturated carbocycles. The molecule has 1 aromatic carbocycles. The van der Waals surface area contributed by atoms with Crippen molar-refractivity contribution in [2.75, 3.05) is 7.11 Å². The van der Waals surface area contributed by atoms with Crippen LogP contribution in [0, 0.1) is 20.8 Å². The lowest BCUT2D eigenvalue weighted by Gasteiger charge is -2.10. The summed E-state index contributed by atoms with van der Waals surface area (Å²) in [5, 5.41) is 8.85. The van der Waals surface area contributed by atoms with Gasteiger partial charge in [0.1, 0.15) is 17.9 Å². The molecule has 0 amide bonds. The largest absolute Gasteiger partial charge is 0.496 e.